The van der Waals surface area contributed by atoms with Crippen LogP contribution in [-0.4, -0.2) is 66.3 Å². The van der Waals surface area contributed by atoms with E-state index in [4.69, 9.17) is 14.2 Å². The Morgan fingerprint density at radius 3 is 2.21 bits per heavy atom. The summed E-state index contributed by atoms with van der Waals surface area (Å²) < 4.78 is 41.9. The number of ether oxygens (including phenoxy) is 3. The average Bonchev–Trinajstić information content (AvgIpc) is 3.11. The molecule has 0 bridgehead atoms. The average molecular weight is 481 g/mol. The number of benzene rings is 1. The van der Waals surface area contributed by atoms with E-state index in [1.807, 2.05) is 0 Å². The first kappa shape index (κ1) is 25.0. The Morgan fingerprint density at radius 2 is 1.64 bits per heavy atom. The summed E-state index contributed by atoms with van der Waals surface area (Å²) in [6.45, 7) is 4.66. The molecule has 1 aromatic carbocycles. The second-order valence-electron chi connectivity index (χ2n) is 8.36. The smallest absolute Gasteiger partial charge is 0.355 e. The Labute approximate surface area is 195 Å². The normalized spacial score (nSPS) is 17.7. The summed E-state index contributed by atoms with van der Waals surface area (Å²) in [5.41, 5.74) is 1.02. The van der Waals surface area contributed by atoms with E-state index in [1.165, 1.54) is 19.1 Å². The van der Waals surface area contributed by atoms with E-state index in [9.17, 15) is 18.0 Å². The van der Waals surface area contributed by atoms with Crippen molar-refractivity contribution in [2.75, 3.05) is 50.4 Å². The van der Waals surface area contributed by atoms with Crippen LogP contribution in [-0.2, 0) is 33.6 Å². The van der Waals surface area contributed by atoms with Crippen LogP contribution in [0.3, 0.4) is 0 Å². The van der Waals surface area contributed by atoms with Crippen LogP contribution in [0.25, 0.3) is 0 Å². The van der Waals surface area contributed by atoms with Gasteiger partial charge in [0, 0.05) is 18.8 Å². The highest BCUT2D eigenvalue weighted by atomic mass is 32.2. The molecule has 0 atom stereocenters. The van der Waals surface area contributed by atoms with Gasteiger partial charge in [0.1, 0.15) is 12.4 Å². The number of esters is 2. The topological polar surface area (TPSA) is 102 Å². The maximum atomic E-state index is 13.3. The van der Waals surface area contributed by atoms with E-state index in [-0.39, 0.29) is 35.2 Å². The number of hydrogen-bond acceptors (Lipinski definition) is 9. The SMILES string of the molecule is COC(=O)C1=C(C(=O)OC)N(c2cc(N3CCCCCC3)ccc2S(=O)(=O)C(C)C)COC1. The zero-order chi connectivity index (χ0) is 24.2. The van der Waals surface area contributed by atoms with Gasteiger partial charge in [-0.1, -0.05) is 12.8 Å². The van der Waals surface area contributed by atoms with Gasteiger partial charge in [-0.2, -0.15) is 0 Å². The van der Waals surface area contributed by atoms with Crippen LogP contribution in [0.4, 0.5) is 11.4 Å². The molecule has 0 aliphatic carbocycles. The second kappa shape index (κ2) is 10.6. The van der Waals surface area contributed by atoms with Gasteiger partial charge in [0.2, 0.25) is 0 Å². The lowest BCUT2D eigenvalue weighted by atomic mass is 10.1. The number of sulfone groups is 1. The number of nitrogens with zero attached hydrogens (tertiary/aromatic N) is 2. The fraction of sp³-hybridized carbons (Fsp3) is 0.565. The summed E-state index contributed by atoms with van der Waals surface area (Å²) in [6, 6.07) is 5.14. The number of carbonyl (C=O) groups is 2. The number of rotatable bonds is 6. The van der Waals surface area contributed by atoms with Gasteiger partial charge in [-0.25, -0.2) is 18.0 Å². The fourth-order valence-corrected chi connectivity index (χ4v) is 5.30. The number of hydrogen-bond donors (Lipinski definition) is 0. The lowest BCUT2D eigenvalue weighted by Crippen LogP contribution is -2.39. The van der Waals surface area contributed by atoms with E-state index in [0.717, 1.165) is 44.5 Å². The van der Waals surface area contributed by atoms with Crippen LogP contribution < -0.4 is 9.80 Å². The molecule has 2 aliphatic heterocycles. The highest BCUT2D eigenvalue weighted by molar-refractivity contribution is 7.92. The van der Waals surface area contributed by atoms with Gasteiger partial charge in [-0.05, 0) is 44.9 Å². The molecule has 0 saturated carbocycles. The lowest BCUT2D eigenvalue weighted by molar-refractivity contribution is -0.140. The molecule has 9 nitrogen and oxygen atoms in total. The standard InChI is InChI=1S/C23H32N2O7S/c1-16(2)33(28,29)20-10-9-17(24-11-7-5-6-8-12-24)13-19(20)25-15-32-14-18(22(26)30-3)21(25)23(27)31-4/h9-10,13,16H,5-8,11-12,14-15H2,1-4H3. The molecular weight excluding hydrogens is 448 g/mol. The number of methoxy groups -OCH3 is 2. The molecule has 1 fully saturated rings. The van der Waals surface area contributed by atoms with Crippen LogP contribution >= 0.6 is 0 Å². The second-order valence-corrected chi connectivity index (χ2v) is 10.8. The first-order valence-corrected chi connectivity index (χ1v) is 12.6. The molecule has 0 aromatic heterocycles. The van der Waals surface area contributed by atoms with Gasteiger partial charge in [0.25, 0.3) is 0 Å². The molecular formula is C23H32N2O7S. The van der Waals surface area contributed by atoms with Crippen LogP contribution in [0, 0.1) is 0 Å². The zero-order valence-corrected chi connectivity index (χ0v) is 20.4. The van der Waals surface area contributed by atoms with Crippen molar-refractivity contribution in [3.63, 3.8) is 0 Å². The van der Waals surface area contributed by atoms with E-state index in [1.54, 1.807) is 32.0 Å². The molecule has 182 valence electrons. The van der Waals surface area contributed by atoms with Crippen molar-refractivity contribution in [2.24, 2.45) is 0 Å². The molecule has 3 rings (SSSR count). The molecule has 10 heteroatoms. The van der Waals surface area contributed by atoms with Crippen molar-refractivity contribution < 1.29 is 32.2 Å². The van der Waals surface area contributed by atoms with Crippen molar-refractivity contribution in [3.8, 4) is 0 Å². The Bertz CT molecular complexity index is 1030. The fourth-order valence-electron chi connectivity index (χ4n) is 4.07. The first-order chi connectivity index (χ1) is 15.7. The summed E-state index contributed by atoms with van der Waals surface area (Å²) in [4.78, 5) is 28.8. The monoisotopic (exact) mass is 480 g/mol. The van der Waals surface area contributed by atoms with Gasteiger partial charge in [-0.15, -0.1) is 0 Å². The quantitative estimate of drug-likeness (QED) is 0.569. The predicted molar refractivity (Wildman–Crippen MR) is 124 cm³/mol. The Balaban J connectivity index is 2.23. The molecule has 33 heavy (non-hydrogen) atoms. The third-order valence-electron chi connectivity index (χ3n) is 5.96. The van der Waals surface area contributed by atoms with Crippen molar-refractivity contribution in [1.82, 2.24) is 0 Å². The molecule has 0 radical (unpaired) electrons. The predicted octanol–water partition coefficient (Wildman–Crippen LogP) is 2.64. The van der Waals surface area contributed by atoms with Crippen molar-refractivity contribution in [3.05, 3.63) is 29.5 Å². The van der Waals surface area contributed by atoms with E-state index < -0.39 is 27.0 Å². The van der Waals surface area contributed by atoms with E-state index in [0.29, 0.717) is 0 Å². The minimum atomic E-state index is -3.72. The summed E-state index contributed by atoms with van der Waals surface area (Å²) in [5, 5.41) is -0.684. The minimum absolute atomic E-state index is 0.0244. The molecule has 0 unspecified atom stereocenters. The summed E-state index contributed by atoms with van der Waals surface area (Å²) in [5.74, 6) is -1.51. The highest BCUT2D eigenvalue weighted by Gasteiger charge is 2.36. The first-order valence-electron chi connectivity index (χ1n) is 11.1. The summed E-state index contributed by atoms with van der Waals surface area (Å²) in [6.07, 6.45) is 4.41. The van der Waals surface area contributed by atoms with Crippen molar-refractivity contribution in [1.29, 1.82) is 0 Å². The maximum absolute atomic E-state index is 13.3. The van der Waals surface area contributed by atoms with Crippen LogP contribution in [0.5, 0.6) is 0 Å². The number of anilines is 2. The highest BCUT2D eigenvalue weighted by Crippen LogP contribution is 2.37. The Morgan fingerprint density at radius 1 is 1.00 bits per heavy atom. The Kier molecular flexibility index (Phi) is 8.01. The molecule has 1 saturated heterocycles. The van der Waals surface area contributed by atoms with Crippen LogP contribution in [0.15, 0.2) is 34.4 Å². The Hall–Kier alpha value is -2.59. The van der Waals surface area contributed by atoms with Gasteiger partial charge in [0.05, 0.1) is 42.2 Å². The third kappa shape index (κ3) is 5.16. The van der Waals surface area contributed by atoms with Crippen molar-refractivity contribution >= 4 is 33.2 Å². The van der Waals surface area contributed by atoms with Gasteiger partial charge < -0.3 is 24.0 Å². The number of carbonyl (C=O) groups excluding carboxylic acids is 2. The van der Waals surface area contributed by atoms with Crippen molar-refractivity contribution in [2.45, 2.75) is 49.7 Å². The maximum Gasteiger partial charge on any atom is 0.355 e. The summed E-state index contributed by atoms with van der Waals surface area (Å²) >= 11 is 0. The summed E-state index contributed by atoms with van der Waals surface area (Å²) in [7, 11) is -1.31. The largest absolute Gasteiger partial charge is 0.466 e. The molecule has 0 spiro atoms. The van der Waals surface area contributed by atoms with Gasteiger partial charge >= 0.3 is 11.9 Å². The van der Waals surface area contributed by atoms with Gasteiger partial charge in [-0.3, -0.25) is 0 Å². The van der Waals surface area contributed by atoms with Gasteiger partial charge in [0.15, 0.2) is 9.84 Å². The molecule has 1 aromatic rings. The zero-order valence-electron chi connectivity index (χ0n) is 19.6. The molecule has 0 amide bonds. The molecule has 0 N–H and O–H groups in total. The minimum Gasteiger partial charge on any atom is -0.466 e. The lowest BCUT2D eigenvalue weighted by Gasteiger charge is -2.34. The van der Waals surface area contributed by atoms with Crippen LogP contribution in [0.2, 0.25) is 0 Å². The molecule has 2 aliphatic rings. The van der Waals surface area contributed by atoms with E-state index in [2.05, 4.69) is 4.90 Å². The third-order valence-corrected chi connectivity index (χ3v) is 8.16. The van der Waals surface area contributed by atoms with Crippen LogP contribution in [0.1, 0.15) is 39.5 Å². The van der Waals surface area contributed by atoms with E-state index >= 15 is 0 Å². The molecule has 2 heterocycles.